The van der Waals surface area contributed by atoms with E-state index in [1.165, 1.54) is 27.4 Å². The van der Waals surface area contributed by atoms with E-state index in [0.29, 0.717) is 5.56 Å². The maximum Gasteiger partial charge on any atom is 0.342 e. The Balaban J connectivity index is 1.87. The molecule has 1 N–H and O–H groups in total. The normalized spacial score (nSPS) is 24.6. The molecule has 0 radical (unpaired) electrons. The smallest absolute Gasteiger partial charge is 0.342 e. The van der Waals surface area contributed by atoms with Crippen molar-refractivity contribution in [3.05, 3.63) is 64.2 Å². The van der Waals surface area contributed by atoms with E-state index in [4.69, 9.17) is 28.4 Å². The fourth-order valence-corrected chi connectivity index (χ4v) is 3.87. The van der Waals surface area contributed by atoms with Gasteiger partial charge in [-0.05, 0) is 11.6 Å². The molecule has 31 heavy (non-hydrogen) atoms. The first kappa shape index (κ1) is 21.3. The molecule has 0 aromatic heterocycles. The van der Waals surface area contributed by atoms with Crippen LogP contribution in [-0.2, 0) is 28.4 Å². The minimum atomic E-state index is -1.01. The molecule has 2 aliphatic heterocycles. The molecular formula is C22H22O9. The van der Waals surface area contributed by atoms with Crippen LogP contribution in [0.15, 0.2) is 36.4 Å². The van der Waals surface area contributed by atoms with Gasteiger partial charge in [-0.25, -0.2) is 9.59 Å². The van der Waals surface area contributed by atoms with Crippen molar-refractivity contribution >= 4 is 11.9 Å². The van der Waals surface area contributed by atoms with Crippen LogP contribution in [0.5, 0.6) is 5.75 Å². The van der Waals surface area contributed by atoms with Crippen molar-refractivity contribution < 1.29 is 43.1 Å². The van der Waals surface area contributed by atoms with E-state index in [1.54, 1.807) is 0 Å². The third-order valence-electron chi connectivity index (χ3n) is 5.31. The number of hydrogen-bond acceptors (Lipinski definition) is 9. The number of carbonyl (C=O) groups is 2. The van der Waals surface area contributed by atoms with E-state index in [-0.39, 0.29) is 23.3 Å². The highest BCUT2D eigenvalue weighted by molar-refractivity contribution is 6.01. The average Bonchev–Trinajstić information content (AvgIpc) is 2.82. The van der Waals surface area contributed by atoms with E-state index in [9.17, 15) is 14.7 Å². The molecule has 2 heterocycles. The second-order valence-corrected chi connectivity index (χ2v) is 7.01. The molecular weight excluding hydrogens is 408 g/mol. The lowest BCUT2D eigenvalue weighted by Crippen LogP contribution is -2.42. The fourth-order valence-electron chi connectivity index (χ4n) is 3.87. The summed E-state index contributed by atoms with van der Waals surface area (Å²) in [7, 11) is 3.75. The van der Waals surface area contributed by atoms with Crippen molar-refractivity contribution in [2.24, 2.45) is 0 Å². The Bertz CT molecular complexity index is 988. The van der Waals surface area contributed by atoms with Gasteiger partial charge >= 0.3 is 11.9 Å². The standard InChI is InChI=1S/C22H22O9/c1-26-19(24)13-9-12-15(16(17(13)23)20(25)27-2)22(28-3)30-14-10-29-21(31-18(12)14)11-7-5-4-6-8-11/h4-9,14,18,21-23H,10H2,1-3H3/t14-,18+,21-,22+/m1/s1. The number of fused-ring (bicyclic) bond motifs is 3. The Morgan fingerprint density at radius 3 is 2.39 bits per heavy atom. The van der Waals surface area contributed by atoms with Crippen LogP contribution in [0.2, 0.25) is 0 Å². The van der Waals surface area contributed by atoms with Crippen LogP contribution in [0.1, 0.15) is 56.1 Å². The molecule has 9 nitrogen and oxygen atoms in total. The molecule has 0 bridgehead atoms. The van der Waals surface area contributed by atoms with Gasteiger partial charge in [-0.1, -0.05) is 30.3 Å². The lowest BCUT2D eigenvalue weighted by atomic mass is 9.88. The van der Waals surface area contributed by atoms with Gasteiger partial charge in [-0.2, -0.15) is 0 Å². The number of phenols is 1. The largest absolute Gasteiger partial charge is 0.506 e. The lowest BCUT2D eigenvalue weighted by Gasteiger charge is -2.43. The van der Waals surface area contributed by atoms with Crippen LogP contribution < -0.4 is 0 Å². The number of benzene rings is 2. The summed E-state index contributed by atoms with van der Waals surface area (Å²) < 4.78 is 33.0. The zero-order chi connectivity index (χ0) is 22.1. The van der Waals surface area contributed by atoms with Crippen molar-refractivity contribution in [1.82, 2.24) is 0 Å². The van der Waals surface area contributed by atoms with Crippen molar-refractivity contribution in [1.29, 1.82) is 0 Å². The molecule has 0 aliphatic carbocycles. The number of carbonyl (C=O) groups excluding carboxylic acids is 2. The molecule has 4 atom stereocenters. The minimum Gasteiger partial charge on any atom is -0.506 e. The quantitative estimate of drug-likeness (QED) is 0.732. The van der Waals surface area contributed by atoms with E-state index >= 15 is 0 Å². The summed E-state index contributed by atoms with van der Waals surface area (Å²) in [5, 5.41) is 10.7. The number of aromatic hydroxyl groups is 1. The fraction of sp³-hybridized carbons (Fsp3) is 0.364. The van der Waals surface area contributed by atoms with E-state index in [1.807, 2.05) is 30.3 Å². The Kier molecular flexibility index (Phi) is 5.92. The number of hydrogen-bond donors (Lipinski definition) is 1. The molecule has 0 unspecified atom stereocenters. The van der Waals surface area contributed by atoms with Gasteiger partial charge in [0.05, 0.1) is 20.8 Å². The summed E-state index contributed by atoms with van der Waals surface area (Å²) in [5.74, 6) is -2.24. The number of esters is 2. The predicted octanol–water partition coefficient (Wildman–Crippen LogP) is 2.80. The molecule has 2 aromatic rings. The number of methoxy groups -OCH3 is 3. The molecule has 0 spiro atoms. The summed E-state index contributed by atoms with van der Waals surface area (Å²) in [5.41, 5.74) is 1.05. The van der Waals surface area contributed by atoms with Crippen LogP contribution in [0.25, 0.3) is 0 Å². The van der Waals surface area contributed by atoms with E-state index in [0.717, 1.165) is 5.56 Å². The highest BCUT2D eigenvalue weighted by Gasteiger charge is 2.45. The van der Waals surface area contributed by atoms with Crippen molar-refractivity contribution in [2.45, 2.75) is 24.8 Å². The van der Waals surface area contributed by atoms with Crippen LogP contribution >= 0.6 is 0 Å². The van der Waals surface area contributed by atoms with Gasteiger partial charge in [0.25, 0.3) is 0 Å². The van der Waals surface area contributed by atoms with E-state index in [2.05, 4.69) is 0 Å². The lowest BCUT2D eigenvalue weighted by molar-refractivity contribution is -0.306. The monoisotopic (exact) mass is 430 g/mol. The molecule has 4 rings (SSSR count). The Hall–Kier alpha value is -2.98. The van der Waals surface area contributed by atoms with Crippen LogP contribution in [0, 0.1) is 0 Å². The number of ether oxygens (including phenoxy) is 6. The zero-order valence-electron chi connectivity index (χ0n) is 17.2. The van der Waals surface area contributed by atoms with Crippen LogP contribution in [-0.4, -0.2) is 51.1 Å². The summed E-state index contributed by atoms with van der Waals surface area (Å²) in [6.45, 7) is 0.186. The topological polar surface area (TPSA) is 110 Å². The molecule has 9 heteroatoms. The van der Waals surface area contributed by atoms with Gasteiger partial charge in [-0.3, -0.25) is 0 Å². The summed E-state index contributed by atoms with van der Waals surface area (Å²) in [4.78, 5) is 24.9. The minimum absolute atomic E-state index is 0.186. The van der Waals surface area contributed by atoms with Gasteiger partial charge < -0.3 is 33.5 Å². The highest BCUT2D eigenvalue weighted by Crippen LogP contribution is 2.48. The van der Waals surface area contributed by atoms with Crippen molar-refractivity contribution in [2.75, 3.05) is 27.9 Å². The number of phenolic OH excluding ortho intramolecular Hbond substituents is 1. The molecule has 164 valence electrons. The molecule has 1 saturated heterocycles. The van der Waals surface area contributed by atoms with Gasteiger partial charge in [0, 0.05) is 18.2 Å². The Morgan fingerprint density at radius 2 is 1.74 bits per heavy atom. The molecule has 0 amide bonds. The second-order valence-electron chi connectivity index (χ2n) is 7.01. The number of rotatable bonds is 4. The average molecular weight is 430 g/mol. The second kappa shape index (κ2) is 8.64. The van der Waals surface area contributed by atoms with Crippen molar-refractivity contribution in [3.8, 4) is 5.75 Å². The molecule has 2 aromatic carbocycles. The highest BCUT2D eigenvalue weighted by atomic mass is 16.7. The summed E-state index contributed by atoms with van der Waals surface area (Å²) in [6, 6.07) is 10.8. The SMILES string of the molecule is COC(=O)c1cc2c(c(C(=O)OC)c1O)[C@@H](OC)O[C@@H]1CO[C@@H](c3ccccc3)O[C@@H]21. The maximum absolute atomic E-state index is 12.6. The van der Waals surface area contributed by atoms with Gasteiger partial charge in [0.1, 0.15) is 29.1 Å². The molecule has 0 saturated carbocycles. The van der Waals surface area contributed by atoms with Crippen LogP contribution in [0.4, 0.5) is 0 Å². The van der Waals surface area contributed by atoms with Gasteiger partial charge in [-0.15, -0.1) is 0 Å². The molecule has 2 aliphatic rings. The first-order chi connectivity index (χ1) is 15.0. The zero-order valence-corrected chi connectivity index (χ0v) is 17.2. The van der Waals surface area contributed by atoms with Crippen molar-refractivity contribution in [3.63, 3.8) is 0 Å². The first-order valence-electron chi connectivity index (χ1n) is 9.56. The Labute approximate surface area is 178 Å². The Morgan fingerprint density at radius 1 is 1.03 bits per heavy atom. The van der Waals surface area contributed by atoms with Crippen LogP contribution in [0.3, 0.4) is 0 Å². The van der Waals surface area contributed by atoms with E-state index < -0.39 is 42.5 Å². The molecule has 1 fully saturated rings. The summed E-state index contributed by atoms with van der Waals surface area (Å²) >= 11 is 0. The first-order valence-corrected chi connectivity index (χ1v) is 9.56. The van der Waals surface area contributed by atoms with Gasteiger partial charge in [0.2, 0.25) is 0 Å². The maximum atomic E-state index is 12.6. The predicted molar refractivity (Wildman–Crippen MR) is 104 cm³/mol. The third kappa shape index (κ3) is 3.66. The third-order valence-corrected chi connectivity index (χ3v) is 5.31. The van der Waals surface area contributed by atoms with Gasteiger partial charge in [0.15, 0.2) is 12.6 Å². The summed E-state index contributed by atoms with van der Waals surface area (Å²) in [6.07, 6.45) is -2.97.